The third kappa shape index (κ3) is 3.36. The number of hydrogen-bond acceptors (Lipinski definition) is 4. The molecule has 134 valence electrons. The molecule has 4 heteroatoms. The van der Waals surface area contributed by atoms with Crippen molar-refractivity contribution in [1.82, 2.24) is 0 Å². The van der Waals surface area contributed by atoms with Gasteiger partial charge < -0.3 is 9.47 Å². The Morgan fingerprint density at radius 3 is 1.31 bits per heavy atom. The summed E-state index contributed by atoms with van der Waals surface area (Å²) in [4.78, 5) is 25.1. The summed E-state index contributed by atoms with van der Waals surface area (Å²) < 4.78 is 11.7. The molecule has 0 spiro atoms. The van der Waals surface area contributed by atoms with Crippen LogP contribution in [0.1, 0.15) is 46.4 Å². The summed E-state index contributed by atoms with van der Waals surface area (Å²) >= 11 is 0. The van der Waals surface area contributed by atoms with E-state index in [0.29, 0.717) is 11.1 Å². The van der Waals surface area contributed by atoms with Gasteiger partial charge in [-0.25, -0.2) is 9.59 Å². The molecule has 2 bridgehead atoms. The van der Waals surface area contributed by atoms with Crippen LogP contribution >= 0.6 is 0 Å². The highest BCUT2D eigenvalue weighted by atomic mass is 16.6. The zero-order chi connectivity index (χ0) is 17.9. The van der Waals surface area contributed by atoms with Crippen molar-refractivity contribution in [3.8, 4) is 0 Å². The van der Waals surface area contributed by atoms with Crippen molar-refractivity contribution in [2.45, 2.75) is 37.9 Å². The quantitative estimate of drug-likeness (QED) is 0.773. The second-order valence-corrected chi connectivity index (χ2v) is 7.15. The minimum atomic E-state index is -0.358. The molecule has 0 saturated heterocycles. The molecule has 2 atom stereocenters. The zero-order valence-electron chi connectivity index (χ0n) is 14.5. The number of esters is 2. The van der Waals surface area contributed by atoms with Crippen LogP contribution in [0.5, 0.6) is 0 Å². The van der Waals surface area contributed by atoms with Gasteiger partial charge in [-0.3, -0.25) is 0 Å². The first-order valence-electron chi connectivity index (χ1n) is 9.24. The van der Waals surface area contributed by atoms with Gasteiger partial charge in [-0.15, -0.1) is 0 Å². The molecule has 0 amide bonds. The zero-order valence-corrected chi connectivity index (χ0v) is 14.5. The normalized spacial score (nSPS) is 26.9. The Labute approximate surface area is 153 Å². The molecule has 0 unspecified atom stereocenters. The van der Waals surface area contributed by atoms with Crippen molar-refractivity contribution in [2.24, 2.45) is 11.8 Å². The van der Waals surface area contributed by atoms with Crippen LogP contribution in [0.15, 0.2) is 60.7 Å². The Kier molecular flexibility index (Phi) is 4.74. The van der Waals surface area contributed by atoms with Crippen molar-refractivity contribution in [3.05, 3.63) is 71.8 Å². The van der Waals surface area contributed by atoms with Crippen LogP contribution in [0.3, 0.4) is 0 Å². The predicted molar refractivity (Wildman–Crippen MR) is 96.7 cm³/mol. The molecule has 4 nitrogen and oxygen atoms in total. The van der Waals surface area contributed by atoms with Gasteiger partial charge in [0.2, 0.25) is 0 Å². The first-order chi connectivity index (χ1) is 12.7. The Bertz CT molecular complexity index is 696. The number of carbonyl (C=O) groups excluding carboxylic acids is 2. The minimum Gasteiger partial charge on any atom is -0.455 e. The molecule has 0 radical (unpaired) electrons. The van der Waals surface area contributed by atoms with Gasteiger partial charge in [-0.2, -0.15) is 0 Å². The largest absolute Gasteiger partial charge is 0.455 e. The molecule has 0 N–H and O–H groups in total. The maximum atomic E-state index is 12.5. The molecule has 5 rings (SSSR count). The lowest BCUT2D eigenvalue weighted by atomic mass is 9.67. The predicted octanol–water partition coefficient (Wildman–Crippen LogP) is 4.26. The van der Waals surface area contributed by atoms with Crippen molar-refractivity contribution < 1.29 is 19.1 Å². The molecular weight excluding hydrogens is 328 g/mol. The number of benzene rings is 2. The summed E-state index contributed by atoms with van der Waals surface area (Å²) in [6.45, 7) is 0. The minimum absolute atomic E-state index is 0.265. The highest BCUT2D eigenvalue weighted by Crippen LogP contribution is 2.44. The molecule has 0 aliphatic heterocycles. The van der Waals surface area contributed by atoms with E-state index in [2.05, 4.69) is 0 Å². The monoisotopic (exact) mass is 350 g/mol. The fourth-order valence-electron chi connectivity index (χ4n) is 4.20. The van der Waals surface area contributed by atoms with E-state index in [1.807, 2.05) is 36.4 Å². The molecular formula is C22H22O4. The standard InChI is InChI=1S/C22H22O4/c23-21(17-7-3-1-4-8-17)25-19-15-11-13-16(14-12-15)20(19)26-22(24)18-9-5-2-6-10-18/h1-10,15-16,19-20H,11-14H2/t15-,16+,19-,20+. The molecule has 3 aliphatic carbocycles. The van der Waals surface area contributed by atoms with E-state index >= 15 is 0 Å². The third-order valence-corrected chi connectivity index (χ3v) is 5.57. The summed E-state index contributed by atoms with van der Waals surface area (Å²) in [6, 6.07) is 18.0. The first kappa shape index (κ1) is 16.8. The van der Waals surface area contributed by atoms with Crippen LogP contribution in [0, 0.1) is 11.8 Å². The third-order valence-electron chi connectivity index (χ3n) is 5.57. The molecule has 3 saturated carbocycles. The van der Waals surface area contributed by atoms with Crippen LogP contribution in [0.4, 0.5) is 0 Å². The second-order valence-electron chi connectivity index (χ2n) is 7.15. The molecule has 3 aliphatic rings. The van der Waals surface area contributed by atoms with Crippen LogP contribution < -0.4 is 0 Å². The van der Waals surface area contributed by atoms with Gasteiger partial charge >= 0.3 is 11.9 Å². The Hall–Kier alpha value is -2.62. The molecule has 2 aromatic carbocycles. The fraction of sp³-hybridized carbons (Fsp3) is 0.364. The van der Waals surface area contributed by atoms with E-state index < -0.39 is 0 Å². The number of carbonyl (C=O) groups is 2. The summed E-state index contributed by atoms with van der Waals surface area (Å²) in [7, 11) is 0. The average molecular weight is 350 g/mol. The number of fused-ring (bicyclic) bond motifs is 3. The van der Waals surface area contributed by atoms with Gasteiger partial charge in [-0.1, -0.05) is 36.4 Å². The molecule has 0 aromatic heterocycles. The maximum Gasteiger partial charge on any atom is 0.338 e. The van der Waals surface area contributed by atoms with Crippen molar-refractivity contribution in [2.75, 3.05) is 0 Å². The van der Waals surface area contributed by atoms with E-state index in [9.17, 15) is 9.59 Å². The first-order valence-corrected chi connectivity index (χ1v) is 9.24. The molecule has 2 aromatic rings. The SMILES string of the molecule is O=C(O[C@@H]1[C@H]2CC[C@H](CC2)[C@@H]1OC(=O)c1ccccc1)c1ccccc1. The smallest absolute Gasteiger partial charge is 0.338 e. The van der Waals surface area contributed by atoms with E-state index in [0.717, 1.165) is 25.7 Å². The molecule has 26 heavy (non-hydrogen) atoms. The highest BCUT2D eigenvalue weighted by Gasteiger charge is 2.48. The van der Waals surface area contributed by atoms with Gasteiger partial charge in [0.15, 0.2) is 0 Å². The lowest BCUT2D eigenvalue weighted by Gasteiger charge is -2.46. The molecule has 0 heterocycles. The Morgan fingerprint density at radius 1 is 0.615 bits per heavy atom. The van der Waals surface area contributed by atoms with E-state index in [-0.39, 0.29) is 36.0 Å². The van der Waals surface area contributed by atoms with Crippen molar-refractivity contribution in [1.29, 1.82) is 0 Å². The molecule has 3 fully saturated rings. The average Bonchev–Trinajstić information content (AvgIpc) is 2.71. The van der Waals surface area contributed by atoms with Crippen LogP contribution in [0.2, 0.25) is 0 Å². The topological polar surface area (TPSA) is 52.6 Å². The van der Waals surface area contributed by atoms with E-state index in [1.165, 1.54) is 0 Å². The Morgan fingerprint density at radius 2 is 0.962 bits per heavy atom. The van der Waals surface area contributed by atoms with Crippen LogP contribution in [-0.4, -0.2) is 24.1 Å². The van der Waals surface area contributed by atoms with Gasteiger partial charge in [0, 0.05) is 0 Å². The second kappa shape index (κ2) is 7.32. The summed E-state index contributed by atoms with van der Waals surface area (Å²) in [6.07, 6.45) is 3.38. The lowest BCUT2D eigenvalue weighted by Crippen LogP contribution is -2.52. The number of hydrogen-bond donors (Lipinski definition) is 0. The lowest BCUT2D eigenvalue weighted by molar-refractivity contribution is -0.121. The summed E-state index contributed by atoms with van der Waals surface area (Å²) in [5.41, 5.74) is 1.06. The van der Waals surface area contributed by atoms with Crippen LogP contribution in [0.25, 0.3) is 0 Å². The summed E-state index contributed by atoms with van der Waals surface area (Å²) in [5, 5.41) is 0. The summed E-state index contributed by atoms with van der Waals surface area (Å²) in [5.74, 6) is -0.157. The number of ether oxygens (including phenoxy) is 2. The van der Waals surface area contributed by atoms with Crippen molar-refractivity contribution in [3.63, 3.8) is 0 Å². The van der Waals surface area contributed by atoms with Gasteiger partial charge in [0.1, 0.15) is 12.2 Å². The van der Waals surface area contributed by atoms with Crippen molar-refractivity contribution >= 4 is 11.9 Å². The Balaban J connectivity index is 1.51. The van der Waals surface area contributed by atoms with Gasteiger partial charge in [0.05, 0.1) is 11.1 Å². The van der Waals surface area contributed by atoms with Gasteiger partial charge in [0.25, 0.3) is 0 Å². The van der Waals surface area contributed by atoms with E-state index in [1.54, 1.807) is 24.3 Å². The van der Waals surface area contributed by atoms with Crippen LogP contribution in [-0.2, 0) is 9.47 Å². The maximum absolute atomic E-state index is 12.5. The number of rotatable bonds is 4. The fourth-order valence-corrected chi connectivity index (χ4v) is 4.20. The van der Waals surface area contributed by atoms with E-state index in [4.69, 9.17) is 9.47 Å². The highest BCUT2D eigenvalue weighted by molar-refractivity contribution is 5.90. The van der Waals surface area contributed by atoms with Gasteiger partial charge in [-0.05, 0) is 61.8 Å².